The molecule has 2 aromatic rings. The molecular weight excluding hydrogens is 354 g/mol. The van der Waals surface area contributed by atoms with Crippen LogP contribution in [0.1, 0.15) is 22.7 Å². The average molecular weight is 371 g/mol. The second-order valence-electron chi connectivity index (χ2n) is 4.71. The Labute approximate surface area is 138 Å². The number of aryl methyl sites for hydroxylation is 1. The van der Waals surface area contributed by atoms with Crippen molar-refractivity contribution in [2.75, 3.05) is 14.2 Å². The van der Waals surface area contributed by atoms with Gasteiger partial charge in [-0.15, -0.1) is 0 Å². The normalized spacial score (nSPS) is 12.1. The molecule has 0 spiro atoms. The zero-order valence-electron chi connectivity index (χ0n) is 12.1. The number of nitrogens with two attached hydrogens (primary N) is 1. The van der Waals surface area contributed by atoms with Crippen molar-refractivity contribution in [3.63, 3.8) is 0 Å². The van der Waals surface area contributed by atoms with E-state index in [1.807, 2.05) is 25.1 Å². The molecule has 0 saturated heterocycles. The predicted octanol–water partition coefficient (Wildman–Crippen LogP) is 4.48. The van der Waals surface area contributed by atoms with Crippen LogP contribution in [-0.2, 0) is 0 Å². The van der Waals surface area contributed by atoms with Crippen LogP contribution in [0.15, 0.2) is 34.8 Å². The van der Waals surface area contributed by atoms with E-state index in [9.17, 15) is 0 Å². The van der Waals surface area contributed by atoms with Crippen LogP contribution in [0.2, 0.25) is 5.02 Å². The Morgan fingerprint density at radius 2 is 1.67 bits per heavy atom. The molecule has 5 heteroatoms. The maximum atomic E-state index is 6.41. The molecule has 0 amide bonds. The van der Waals surface area contributed by atoms with Gasteiger partial charge in [0.2, 0.25) is 0 Å². The highest BCUT2D eigenvalue weighted by Crippen LogP contribution is 2.37. The SMILES string of the molecule is COc1cc(Cl)ccc1C(N)c1cc(Br)c(C)cc1OC. The van der Waals surface area contributed by atoms with E-state index in [4.69, 9.17) is 26.8 Å². The van der Waals surface area contributed by atoms with Gasteiger partial charge in [0.05, 0.1) is 20.3 Å². The van der Waals surface area contributed by atoms with Crippen molar-refractivity contribution in [2.45, 2.75) is 13.0 Å². The first-order valence-electron chi connectivity index (χ1n) is 6.41. The molecule has 0 aliphatic heterocycles. The molecule has 3 nitrogen and oxygen atoms in total. The lowest BCUT2D eigenvalue weighted by Crippen LogP contribution is -2.14. The zero-order valence-corrected chi connectivity index (χ0v) is 14.5. The van der Waals surface area contributed by atoms with E-state index in [0.717, 1.165) is 26.9 Å². The van der Waals surface area contributed by atoms with Crippen molar-refractivity contribution in [2.24, 2.45) is 5.73 Å². The Bertz CT molecular complexity index is 661. The number of methoxy groups -OCH3 is 2. The molecule has 0 aliphatic rings. The summed E-state index contributed by atoms with van der Waals surface area (Å²) in [4.78, 5) is 0. The fraction of sp³-hybridized carbons (Fsp3) is 0.250. The quantitative estimate of drug-likeness (QED) is 0.863. The number of rotatable bonds is 4. The van der Waals surface area contributed by atoms with Gasteiger partial charge < -0.3 is 15.2 Å². The highest BCUT2D eigenvalue weighted by molar-refractivity contribution is 9.10. The molecule has 2 aromatic carbocycles. The summed E-state index contributed by atoms with van der Waals surface area (Å²) in [6.07, 6.45) is 0. The standard InChI is InChI=1S/C16H17BrClNO2/c1-9-6-14(20-2)12(8-13(9)17)16(19)11-5-4-10(18)7-15(11)21-3/h4-8,16H,19H2,1-3H3. The molecule has 0 saturated carbocycles. The molecule has 0 aromatic heterocycles. The number of ether oxygens (including phenoxy) is 2. The minimum atomic E-state index is -0.371. The highest BCUT2D eigenvalue weighted by Gasteiger charge is 2.19. The van der Waals surface area contributed by atoms with Gasteiger partial charge in [-0.25, -0.2) is 0 Å². The summed E-state index contributed by atoms with van der Waals surface area (Å²) in [5.74, 6) is 1.41. The topological polar surface area (TPSA) is 44.5 Å². The van der Waals surface area contributed by atoms with Crippen LogP contribution >= 0.6 is 27.5 Å². The molecule has 0 fully saturated rings. The predicted molar refractivity (Wildman–Crippen MR) is 89.5 cm³/mol. The Kier molecular flexibility index (Phi) is 5.14. The van der Waals surface area contributed by atoms with Crippen LogP contribution in [0.25, 0.3) is 0 Å². The molecule has 0 heterocycles. The van der Waals surface area contributed by atoms with Gasteiger partial charge in [-0.3, -0.25) is 0 Å². The van der Waals surface area contributed by atoms with Crippen LogP contribution < -0.4 is 15.2 Å². The molecule has 112 valence electrons. The molecule has 0 aliphatic carbocycles. The van der Waals surface area contributed by atoms with Gasteiger partial charge in [0.15, 0.2) is 0 Å². The zero-order chi connectivity index (χ0) is 15.6. The fourth-order valence-electron chi connectivity index (χ4n) is 2.20. The summed E-state index contributed by atoms with van der Waals surface area (Å²) >= 11 is 9.53. The molecule has 1 unspecified atom stereocenters. The van der Waals surface area contributed by atoms with Crippen molar-refractivity contribution in [3.05, 3.63) is 56.5 Å². The lowest BCUT2D eigenvalue weighted by Gasteiger charge is -2.20. The minimum Gasteiger partial charge on any atom is -0.496 e. The Morgan fingerprint density at radius 3 is 2.29 bits per heavy atom. The Hall–Kier alpha value is -1.23. The third-order valence-corrected chi connectivity index (χ3v) is 4.47. The van der Waals surface area contributed by atoms with Gasteiger partial charge in [-0.05, 0) is 36.8 Å². The summed E-state index contributed by atoms with van der Waals surface area (Å²) in [6, 6.07) is 9.00. The third-order valence-electron chi connectivity index (χ3n) is 3.38. The van der Waals surface area contributed by atoms with Crippen molar-refractivity contribution >= 4 is 27.5 Å². The molecule has 2 N–H and O–H groups in total. The van der Waals surface area contributed by atoms with E-state index < -0.39 is 0 Å². The molecule has 2 rings (SSSR count). The van der Waals surface area contributed by atoms with E-state index in [0.29, 0.717) is 10.8 Å². The van der Waals surface area contributed by atoms with E-state index in [-0.39, 0.29) is 6.04 Å². The molecule has 0 bridgehead atoms. The number of benzene rings is 2. The van der Waals surface area contributed by atoms with Crippen molar-refractivity contribution in [3.8, 4) is 11.5 Å². The second-order valence-corrected chi connectivity index (χ2v) is 6.00. The fourth-order valence-corrected chi connectivity index (χ4v) is 2.72. The second kappa shape index (κ2) is 6.69. The van der Waals surface area contributed by atoms with Gasteiger partial charge in [0.1, 0.15) is 11.5 Å². The maximum absolute atomic E-state index is 6.41. The van der Waals surface area contributed by atoms with Crippen LogP contribution in [-0.4, -0.2) is 14.2 Å². The number of halogens is 2. The van der Waals surface area contributed by atoms with Gasteiger partial charge in [-0.1, -0.05) is 33.6 Å². The summed E-state index contributed by atoms with van der Waals surface area (Å²) in [5, 5.41) is 0.611. The monoisotopic (exact) mass is 369 g/mol. The first-order chi connectivity index (χ1) is 9.97. The van der Waals surface area contributed by atoms with E-state index in [1.165, 1.54) is 0 Å². The third kappa shape index (κ3) is 3.34. The lowest BCUT2D eigenvalue weighted by molar-refractivity contribution is 0.400. The first-order valence-corrected chi connectivity index (χ1v) is 7.58. The van der Waals surface area contributed by atoms with Gasteiger partial charge in [0.25, 0.3) is 0 Å². The molecular formula is C16H17BrClNO2. The highest BCUT2D eigenvalue weighted by atomic mass is 79.9. The first kappa shape index (κ1) is 16.1. The average Bonchev–Trinajstić information content (AvgIpc) is 2.48. The minimum absolute atomic E-state index is 0.371. The summed E-state index contributed by atoms with van der Waals surface area (Å²) in [6.45, 7) is 2.00. The van der Waals surface area contributed by atoms with Crippen LogP contribution in [0.4, 0.5) is 0 Å². The summed E-state index contributed by atoms with van der Waals surface area (Å²) < 4.78 is 11.8. The Balaban J connectivity index is 2.54. The van der Waals surface area contributed by atoms with Crippen LogP contribution in [0.5, 0.6) is 11.5 Å². The van der Waals surface area contributed by atoms with Gasteiger partial charge >= 0.3 is 0 Å². The smallest absolute Gasteiger partial charge is 0.125 e. The number of hydrogen-bond acceptors (Lipinski definition) is 3. The van der Waals surface area contributed by atoms with Crippen molar-refractivity contribution in [1.82, 2.24) is 0 Å². The van der Waals surface area contributed by atoms with E-state index in [1.54, 1.807) is 26.4 Å². The lowest BCUT2D eigenvalue weighted by atomic mass is 9.97. The molecule has 1 atom stereocenters. The van der Waals surface area contributed by atoms with Gasteiger partial charge in [-0.2, -0.15) is 0 Å². The van der Waals surface area contributed by atoms with Crippen molar-refractivity contribution < 1.29 is 9.47 Å². The van der Waals surface area contributed by atoms with E-state index >= 15 is 0 Å². The Morgan fingerprint density at radius 1 is 1.05 bits per heavy atom. The molecule has 0 radical (unpaired) electrons. The van der Waals surface area contributed by atoms with E-state index in [2.05, 4.69) is 15.9 Å². The largest absolute Gasteiger partial charge is 0.496 e. The molecule has 21 heavy (non-hydrogen) atoms. The van der Waals surface area contributed by atoms with Crippen LogP contribution in [0, 0.1) is 6.92 Å². The van der Waals surface area contributed by atoms with Crippen molar-refractivity contribution in [1.29, 1.82) is 0 Å². The summed E-state index contributed by atoms with van der Waals surface area (Å²) in [5.41, 5.74) is 9.25. The summed E-state index contributed by atoms with van der Waals surface area (Å²) in [7, 11) is 3.24. The number of hydrogen-bond donors (Lipinski definition) is 1. The van der Waals surface area contributed by atoms with Gasteiger partial charge in [0, 0.05) is 20.6 Å². The van der Waals surface area contributed by atoms with Crippen LogP contribution in [0.3, 0.4) is 0 Å². The maximum Gasteiger partial charge on any atom is 0.125 e.